The zero-order valence-corrected chi connectivity index (χ0v) is 62.6. The van der Waals surface area contributed by atoms with Gasteiger partial charge in [-0.05, 0) is 174 Å². The molecule has 6 heterocycles. The van der Waals surface area contributed by atoms with Crippen molar-refractivity contribution in [2.75, 3.05) is 9.80 Å². The van der Waals surface area contributed by atoms with E-state index in [0.29, 0.717) is 0 Å². The number of furan rings is 2. The molecular formula is C104H75BN4O2. The fraction of sp³-hybridized carbons (Fsp3) is 0.0769. The molecule has 526 valence electrons. The van der Waals surface area contributed by atoms with E-state index in [1.54, 1.807) is 0 Å². The van der Waals surface area contributed by atoms with Gasteiger partial charge in [0.15, 0.2) is 0 Å². The van der Waals surface area contributed by atoms with Crippen molar-refractivity contribution < 1.29 is 8.83 Å². The normalized spacial score (nSPS) is 12.9. The third-order valence-corrected chi connectivity index (χ3v) is 23.8. The van der Waals surface area contributed by atoms with E-state index < -0.39 is 0 Å². The number of fused-ring (bicyclic) bond motifs is 16. The van der Waals surface area contributed by atoms with Crippen molar-refractivity contribution in [3.05, 3.63) is 357 Å². The molecule has 0 unspecified atom stereocenters. The molecule has 4 aromatic heterocycles. The first-order valence-electron chi connectivity index (χ1n) is 38.7. The maximum atomic E-state index is 7.28. The molecule has 2 aliphatic heterocycles. The van der Waals surface area contributed by atoms with Gasteiger partial charge in [0, 0.05) is 82.5 Å². The van der Waals surface area contributed by atoms with Gasteiger partial charge in [-0.2, -0.15) is 0 Å². The lowest BCUT2D eigenvalue weighted by molar-refractivity contribution is 0.590. The number of para-hydroxylation sites is 7. The average Bonchev–Trinajstić information content (AvgIpc) is 1.11. The molecule has 22 rings (SSSR count). The summed E-state index contributed by atoms with van der Waals surface area (Å²) in [7, 11) is 0. The maximum absolute atomic E-state index is 7.28. The third-order valence-electron chi connectivity index (χ3n) is 23.8. The summed E-state index contributed by atoms with van der Waals surface area (Å²) in [6.45, 7) is 13.7. The molecule has 0 aliphatic carbocycles. The summed E-state index contributed by atoms with van der Waals surface area (Å²) in [4.78, 5) is 5.35. The summed E-state index contributed by atoms with van der Waals surface area (Å²) in [5, 5.41) is 9.11. The van der Waals surface area contributed by atoms with E-state index in [2.05, 4.69) is 406 Å². The lowest BCUT2D eigenvalue weighted by Crippen LogP contribution is -2.61. The van der Waals surface area contributed by atoms with Gasteiger partial charge in [0.25, 0.3) is 6.71 Å². The van der Waals surface area contributed by atoms with E-state index in [4.69, 9.17) is 8.83 Å². The minimum atomic E-state index is -0.324. The summed E-state index contributed by atoms with van der Waals surface area (Å²) in [5.41, 5.74) is 33.0. The largest absolute Gasteiger partial charge is 0.456 e. The summed E-state index contributed by atoms with van der Waals surface area (Å²) in [6, 6.07) is 129. The molecule has 6 nitrogen and oxygen atoms in total. The molecule has 2 aliphatic rings. The fourth-order valence-electron chi connectivity index (χ4n) is 18.5. The monoisotopic (exact) mass is 1420 g/mol. The van der Waals surface area contributed by atoms with E-state index >= 15 is 0 Å². The first kappa shape index (κ1) is 64.6. The molecule has 0 atom stereocenters. The van der Waals surface area contributed by atoms with Gasteiger partial charge in [0.05, 0.1) is 44.8 Å². The molecule has 0 saturated carbocycles. The van der Waals surface area contributed by atoms with Crippen molar-refractivity contribution in [1.29, 1.82) is 0 Å². The second-order valence-corrected chi connectivity index (χ2v) is 32.3. The third kappa shape index (κ3) is 9.98. The Morgan fingerprint density at radius 1 is 0.243 bits per heavy atom. The quantitative estimate of drug-likeness (QED) is 0.135. The highest BCUT2D eigenvalue weighted by atomic mass is 16.3. The molecular weight excluding hydrogens is 1350 g/mol. The van der Waals surface area contributed by atoms with Crippen molar-refractivity contribution in [1.82, 2.24) is 9.13 Å². The zero-order valence-electron chi connectivity index (χ0n) is 62.6. The second-order valence-electron chi connectivity index (χ2n) is 32.3. The molecule has 20 aromatic rings. The van der Waals surface area contributed by atoms with Crippen LogP contribution in [0.2, 0.25) is 0 Å². The number of anilines is 6. The van der Waals surface area contributed by atoms with Gasteiger partial charge >= 0.3 is 0 Å². The van der Waals surface area contributed by atoms with E-state index in [9.17, 15) is 0 Å². The highest BCUT2D eigenvalue weighted by Crippen LogP contribution is 2.56. The number of nitrogens with zero attached hydrogens (tertiary/aromatic N) is 4. The van der Waals surface area contributed by atoms with Gasteiger partial charge in [-0.1, -0.05) is 290 Å². The van der Waals surface area contributed by atoms with Crippen molar-refractivity contribution in [3.8, 4) is 67.0 Å². The van der Waals surface area contributed by atoms with Crippen LogP contribution >= 0.6 is 0 Å². The van der Waals surface area contributed by atoms with Gasteiger partial charge < -0.3 is 27.8 Å². The van der Waals surface area contributed by atoms with Crippen LogP contribution in [-0.4, -0.2) is 15.8 Å². The predicted molar refractivity (Wildman–Crippen MR) is 468 cm³/mol. The van der Waals surface area contributed by atoms with Crippen LogP contribution in [0.3, 0.4) is 0 Å². The fourth-order valence-corrected chi connectivity index (χ4v) is 18.5. The lowest BCUT2D eigenvalue weighted by atomic mass is 9.33. The van der Waals surface area contributed by atoms with Crippen LogP contribution < -0.4 is 26.2 Å². The van der Waals surface area contributed by atoms with Gasteiger partial charge in [-0.15, -0.1) is 0 Å². The van der Waals surface area contributed by atoms with Crippen LogP contribution in [-0.2, 0) is 10.8 Å². The Balaban J connectivity index is 0.926. The Kier molecular flexibility index (Phi) is 14.2. The molecule has 0 bridgehead atoms. The average molecular weight is 1420 g/mol. The Hall–Kier alpha value is -13.6. The summed E-state index contributed by atoms with van der Waals surface area (Å²) < 4.78 is 19.3. The van der Waals surface area contributed by atoms with Crippen molar-refractivity contribution in [2.45, 2.75) is 52.4 Å². The molecule has 111 heavy (non-hydrogen) atoms. The Morgan fingerprint density at radius 2 is 0.658 bits per heavy atom. The van der Waals surface area contributed by atoms with E-state index in [1.807, 2.05) is 0 Å². The summed E-state index contributed by atoms with van der Waals surface area (Å²) in [5.74, 6) is 0. The van der Waals surface area contributed by atoms with Crippen LogP contribution in [0.25, 0.3) is 154 Å². The second kappa shape index (κ2) is 24.4. The van der Waals surface area contributed by atoms with Crippen LogP contribution in [0.1, 0.15) is 52.7 Å². The van der Waals surface area contributed by atoms with Crippen LogP contribution in [0.4, 0.5) is 34.1 Å². The maximum Gasteiger partial charge on any atom is 0.252 e. The number of benzene rings is 16. The first-order valence-corrected chi connectivity index (χ1v) is 38.7. The number of hydrogen-bond donors (Lipinski definition) is 0. The minimum absolute atomic E-state index is 0.114. The summed E-state index contributed by atoms with van der Waals surface area (Å²) in [6.07, 6.45) is 0. The Labute approximate surface area is 644 Å². The van der Waals surface area contributed by atoms with E-state index in [-0.39, 0.29) is 17.5 Å². The van der Waals surface area contributed by atoms with E-state index in [0.717, 1.165) is 167 Å². The zero-order chi connectivity index (χ0) is 74.1. The standard InChI is InChI=1S/C104H75BN4O2/c1-103(2,3)71-50-55-88-82(62-71)83-63-72(104(4,5)6)51-56-89(83)107(88)93-44-26-38-79(81-40-24-39-80-77-36-19-23-46-97(77)111-102(80)81)101(93)109-91-54-49-68(65-29-12-8-13-30-65)58-85(91)105-84-57-67(64-27-10-7-11-28-64)48-53-90(84)108(94-59-70(60-95(109)99(94)105)66-31-14-9-15-32-66)100-73(69-47-52-78-76-35-18-22-45-96(76)110-98(78)61-69)37-25-43-92(100)106-86-41-20-16-33-74(86)75-34-17-21-42-87(75)106/h7-63H,1-6H3. The van der Waals surface area contributed by atoms with Gasteiger partial charge in [0.1, 0.15) is 22.3 Å². The van der Waals surface area contributed by atoms with Crippen LogP contribution in [0.5, 0.6) is 0 Å². The molecule has 16 aromatic carbocycles. The summed E-state index contributed by atoms with van der Waals surface area (Å²) >= 11 is 0. The molecule has 0 saturated heterocycles. The minimum Gasteiger partial charge on any atom is -0.456 e. The Morgan fingerprint density at radius 3 is 1.20 bits per heavy atom. The van der Waals surface area contributed by atoms with Gasteiger partial charge in [0.2, 0.25) is 0 Å². The molecule has 0 fully saturated rings. The first-order chi connectivity index (χ1) is 54.3. The SMILES string of the molecule is CC(C)(C)c1ccc2c(c1)c1cc(C(C)(C)C)ccc1n2-c1cccc(-c2cccc3c2oc2ccccc23)c1N1c2ccc(-c3ccccc3)cc2B2c3cc(-c4ccccc4)ccc3N(c3c(-c4ccc5c(c4)oc4ccccc45)cccc3-n3c4ccccc4c4ccccc43)c3cc(-c4ccccc4)cc1c32. The predicted octanol–water partition coefficient (Wildman–Crippen LogP) is 26.7. The van der Waals surface area contributed by atoms with Crippen molar-refractivity contribution in [2.24, 2.45) is 0 Å². The lowest BCUT2D eigenvalue weighted by Gasteiger charge is -2.46. The van der Waals surface area contributed by atoms with E-state index in [1.165, 1.54) is 49.1 Å². The topological polar surface area (TPSA) is 42.6 Å². The Bertz CT molecular complexity index is 7120. The number of aromatic nitrogens is 2. The molecule has 0 spiro atoms. The number of rotatable bonds is 9. The molecule has 0 radical (unpaired) electrons. The van der Waals surface area contributed by atoms with Gasteiger partial charge in [-0.3, -0.25) is 0 Å². The highest BCUT2D eigenvalue weighted by Gasteiger charge is 2.46. The molecule has 0 amide bonds. The smallest absolute Gasteiger partial charge is 0.252 e. The van der Waals surface area contributed by atoms with Crippen LogP contribution in [0, 0.1) is 0 Å². The van der Waals surface area contributed by atoms with Crippen molar-refractivity contribution >= 4 is 145 Å². The van der Waals surface area contributed by atoms with Gasteiger partial charge in [-0.25, -0.2) is 0 Å². The van der Waals surface area contributed by atoms with Crippen molar-refractivity contribution in [3.63, 3.8) is 0 Å². The molecule has 0 N–H and O–H groups in total. The van der Waals surface area contributed by atoms with Crippen LogP contribution in [0.15, 0.2) is 355 Å². The molecule has 7 heteroatoms. The number of hydrogen-bond acceptors (Lipinski definition) is 4. The highest BCUT2D eigenvalue weighted by molar-refractivity contribution is 7.00.